The van der Waals surface area contributed by atoms with Gasteiger partial charge in [-0.2, -0.15) is 0 Å². The molecule has 1 aromatic carbocycles. The lowest BCUT2D eigenvalue weighted by molar-refractivity contribution is -0.134. The number of hydrogen-bond acceptors (Lipinski definition) is 2. The Hall–Kier alpha value is -1.41. The van der Waals surface area contributed by atoms with Gasteiger partial charge in [0.05, 0.1) is 0 Å². The van der Waals surface area contributed by atoms with Gasteiger partial charge in [-0.05, 0) is 37.3 Å². The molecule has 0 bridgehead atoms. The van der Waals surface area contributed by atoms with Gasteiger partial charge in [0.2, 0.25) is 0 Å². The Bertz CT molecular complexity index is 433. The van der Waals surface area contributed by atoms with Crippen LogP contribution in [0.15, 0.2) is 36.4 Å². The molecule has 90 valence electrons. The van der Waals surface area contributed by atoms with E-state index in [1.54, 1.807) is 0 Å². The number of carbonyl (C=O) groups is 1. The molecule has 2 heteroatoms. The molecule has 1 N–H and O–H groups in total. The molecule has 0 heterocycles. The summed E-state index contributed by atoms with van der Waals surface area (Å²) in [6.07, 6.45) is 4.69. The maximum absolute atomic E-state index is 12.0. The summed E-state index contributed by atoms with van der Waals surface area (Å²) in [6, 6.07) is 9.67. The molecule has 0 spiro atoms. The van der Waals surface area contributed by atoms with Gasteiger partial charge >= 0.3 is 0 Å². The van der Waals surface area contributed by atoms with Gasteiger partial charge in [-0.15, -0.1) is 0 Å². The molecule has 0 saturated heterocycles. The lowest BCUT2D eigenvalue weighted by atomic mass is 9.76. The van der Waals surface area contributed by atoms with Crippen LogP contribution in [-0.4, -0.2) is 16.5 Å². The first kappa shape index (κ1) is 12.1. The predicted octanol–water partition coefficient (Wildman–Crippen LogP) is 2.96. The van der Waals surface area contributed by atoms with E-state index < -0.39 is 5.60 Å². The highest BCUT2D eigenvalue weighted by Gasteiger charge is 2.40. The van der Waals surface area contributed by atoms with E-state index >= 15 is 0 Å². The Balaban J connectivity index is 2.40. The van der Waals surface area contributed by atoms with Gasteiger partial charge in [-0.1, -0.05) is 36.4 Å². The molecule has 1 aliphatic rings. The number of benzene rings is 1. The number of carbonyl (C=O) groups excluding carboxylic acids is 1. The van der Waals surface area contributed by atoms with Crippen LogP contribution in [0.4, 0.5) is 0 Å². The maximum Gasteiger partial charge on any atom is 0.168 e. The summed E-state index contributed by atoms with van der Waals surface area (Å²) in [7, 11) is 0. The van der Waals surface area contributed by atoms with Crippen LogP contribution in [0, 0.1) is 0 Å². The highest BCUT2D eigenvalue weighted by Crippen LogP contribution is 2.36. The second-order valence-corrected chi connectivity index (χ2v) is 4.56. The van der Waals surface area contributed by atoms with Crippen molar-refractivity contribution in [2.24, 2.45) is 0 Å². The molecule has 0 radical (unpaired) electrons. The van der Waals surface area contributed by atoms with E-state index in [1.165, 1.54) is 0 Å². The van der Waals surface area contributed by atoms with Gasteiger partial charge in [0.1, 0.15) is 5.60 Å². The molecule has 1 atom stereocenters. The fraction of sp³-hybridized carbons (Fsp3) is 0.400. The van der Waals surface area contributed by atoms with Crippen molar-refractivity contribution in [1.29, 1.82) is 0 Å². The predicted molar refractivity (Wildman–Crippen MR) is 68.5 cm³/mol. The van der Waals surface area contributed by atoms with Crippen molar-refractivity contribution in [3.8, 4) is 0 Å². The third kappa shape index (κ3) is 2.18. The highest BCUT2D eigenvalue weighted by molar-refractivity contribution is 6.01. The molecule has 1 unspecified atom stereocenters. The molecular weight excluding hydrogens is 212 g/mol. The van der Waals surface area contributed by atoms with Crippen molar-refractivity contribution in [1.82, 2.24) is 0 Å². The van der Waals surface area contributed by atoms with Crippen LogP contribution >= 0.6 is 0 Å². The van der Waals surface area contributed by atoms with E-state index in [1.807, 2.05) is 43.3 Å². The van der Waals surface area contributed by atoms with Crippen LogP contribution < -0.4 is 0 Å². The molecule has 1 aromatic rings. The van der Waals surface area contributed by atoms with E-state index in [4.69, 9.17) is 0 Å². The first-order valence-electron chi connectivity index (χ1n) is 6.16. The molecule has 1 fully saturated rings. The summed E-state index contributed by atoms with van der Waals surface area (Å²) in [4.78, 5) is 12.0. The van der Waals surface area contributed by atoms with Crippen molar-refractivity contribution >= 4 is 11.4 Å². The number of rotatable bonds is 2. The quantitative estimate of drug-likeness (QED) is 0.848. The van der Waals surface area contributed by atoms with E-state index in [-0.39, 0.29) is 5.78 Å². The Morgan fingerprint density at radius 3 is 2.59 bits per heavy atom. The largest absolute Gasteiger partial charge is 0.377 e. The van der Waals surface area contributed by atoms with E-state index in [0.29, 0.717) is 12.8 Å². The molecule has 0 aromatic heterocycles. The topological polar surface area (TPSA) is 37.3 Å². The summed E-state index contributed by atoms with van der Waals surface area (Å²) >= 11 is 0. The number of Topliss-reactive ketones (excluding diaryl/α,β-unsaturated/α-hetero) is 1. The normalized spacial score (nSPS) is 26.0. The van der Waals surface area contributed by atoms with Crippen LogP contribution in [0.3, 0.4) is 0 Å². The smallest absolute Gasteiger partial charge is 0.168 e. The number of allylic oxidation sites excluding steroid dienone is 1. The highest BCUT2D eigenvalue weighted by atomic mass is 16.3. The number of ketones is 1. The number of hydrogen-bond donors (Lipinski definition) is 1. The van der Waals surface area contributed by atoms with Crippen LogP contribution in [0.2, 0.25) is 0 Å². The minimum absolute atomic E-state index is 0.0410. The van der Waals surface area contributed by atoms with Crippen LogP contribution in [-0.2, 0) is 4.79 Å². The Labute approximate surface area is 102 Å². The zero-order chi connectivity index (χ0) is 12.3. The Kier molecular flexibility index (Phi) is 3.43. The van der Waals surface area contributed by atoms with Crippen molar-refractivity contribution < 1.29 is 9.90 Å². The summed E-state index contributed by atoms with van der Waals surface area (Å²) in [6.45, 7) is 1.88. The van der Waals surface area contributed by atoms with Crippen LogP contribution in [0.5, 0.6) is 0 Å². The van der Waals surface area contributed by atoms with Gasteiger partial charge in [-0.25, -0.2) is 0 Å². The fourth-order valence-corrected chi connectivity index (χ4v) is 2.56. The minimum Gasteiger partial charge on any atom is -0.377 e. The summed E-state index contributed by atoms with van der Waals surface area (Å²) in [5.41, 5.74) is 0.421. The summed E-state index contributed by atoms with van der Waals surface area (Å²) in [5.74, 6) is -0.0410. The second kappa shape index (κ2) is 4.84. The van der Waals surface area contributed by atoms with Crippen molar-refractivity contribution in [2.45, 2.75) is 38.2 Å². The van der Waals surface area contributed by atoms with Gasteiger partial charge in [0, 0.05) is 6.42 Å². The maximum atomic E-state index is 12.0. The summed E-state index contributed by atoms with van der Waals surface area (Å²) < 4.78 is 0. The van der Waals surface area contributed by atoms with E-state index in [0.717, 1.165) is 24.0 Å². The van der Waals surface area contributed by atoms with E-state index in [2.05, 4.69) is 0 Å². The first-order valence-corrected chi connectivity index (χ1v) is 6.16. The lowest BCUT2D eigenvalue weighted by Crippen LogP contribution is -2.42. The molecule has 0 aliphatic heterocycles. The third-order valence-corrected chi connectivity index (χ3v) is 3.47. The second-order valence-electron chi connectivity index (χ2n) is 4.56. The molecule has 1 saturated carbocycles. The van der Waals surface area contributed by atoms with Crippen LogP contribution in [0.25, 0.3) is 5.57 Å². The number of aliphatic hydroxyl groups is 1. The molecule has 0 amide bonds. The van der Waals surface area contributed by atoms with Gasteiger partial charge in [0.25, 0.3) is 0 Å². The molecule has 2 nitrogen and oxygen atoms in total. The SMILES string of the molecule is C/C=C(/c1ccccc1)C1(O)CCCCC1=O. The van der Waals surface area contributed by atoms with Crippen molar-refractivity contribution in [3.63, 3.8) is 0 Å². The van der Waals surface area contributed by atoms with Gasteiger partial charge in [-0.3, -0.25) is 4.79 Å². The molecular formula is C15H18O2. The monoisotopic (exact) mass is 230 g/mol. The first-order chi connectivity index (χ1) is 8.18. The van der Waals surface area contributed by atoms with Gasteiger partial charge in [0.15, 0.2) is 5.78 Å². The average molecular weight is 230 g/mol. The van der Waals surface area contributed by atoms with Crippen molar-refractivity contribution in [3.05, 3.63) is 42.0 Å². The average Bonchev–Trinajstić information content (AvgIpc) is 2.35. The lowest BCUT2D eigenvalue weighted by Gasteiger charge is -2.33. The zero-order valence-corrected chi connectivity index (χ0v) is 10.1. The third-order valence-electron chi connectivity index (χ3n) is 3.47. The molecule has 2 rings (SSSR count). The van der Waals surface area contributed by atoms with E-state index in [9.17, 15) is 9.90 Å². The Morgan fingerprint density at radius 1 is 1.29 bits per heavy atom. The molecule has 17 heavy (non-hydrogen) atoms. The minimum atomic E-state index is -1.27. The van der Waals surface area contributed by atoms with Gasteiger partial charge < -0.3 is 5.11 Å². The van der Waals surface area contributed by atoms with Crippen LogP contribution in [0.1, 0.15) is 38.2 Å². The standard InChI is InChI=1S/C15H18O2/c1-2-13(12-8-4-3-5-9-12)15(17)11-7-6-10-14(15)16/h2-5,8-9,17H,6-7,10-11H2,1H3/b13-2-. The zero-order valence-electron chi connectivity index (χ0n) is 10.1. The van der Waals surface area contributed by atoms with Crippen molar-refractivity contribution in [2.75, 3.05) is 0 Å². The fourth-order valence-electron chi connectivity index (χ4n) is 2.56. The Morgan fingerprint density at radius 2 is 2.00 bits per heavy atom. The molecule has 1 aliphatic carbocycles. The summed E-state index contributed by atoms with van der Waals surface area (Å²) in [5, 5.41) is 10.6.